The summed E-state index contributed by atoms with van der Waals surface area (Å²) < 4.78 is 0. The van der Waals surface area contributed by atoms with E-state index in [1.807, 2.05) is 60.7 Å². The SMILES string of the molecule is CCN1C=CN(Cc2ccccc2)C1.O=C(c1ccccc1)c1ccccc1. The molecule has 0 atom stereocenters. The van der Waals surface area contributed by atoms with E-state index in [1.165, 1.54) is 5.56 Å². The molecule has 0 saturated heterocycles. The summed E-state index contributed by atoms with van der Waals surface area (Å²) in [6.45, 7) is 5.29. The highest BCUT2D eigenvalue weighted by Crippen LogP contribution is 2.11. The van der Waals surface area contributed by atoms with Gasteiger partial charge in [-0.1, -0.05) is 91.0 Å². The van der Waals surface area contributed by atoms with Gasteiger partial charge in [0.2, 0.25) is 0 Å². The number of hydrogen-bond acceptors (Lipinski definition) is 3. The van der Waals surface area contributed by atoms with Gasteiger partial charge in [-0.05, 0) is 12.5 Å². The second-order valence-corrected chi connectivity index (χ2v) is 6.64. The van der Waals surface area contributed by atoms with E-state index in [0.29, 0.717) is 0 Å². The lowest BCUT2D eigenvalue weighted by Crippen LogP contribution is -2.24. The molecule has 0 aromatic heterocycles. The Balaban J connectivity index is 0.000000161. The van der Waals surface area contributed by atoms with Crippen LogP contribution in [0.1, 0.15) is 28.4 Å². The summed E-state index contributed by atoms with van der Waals surface area (Å²) in [6.07, 6.45) is 4.32. The van der Waals surface area contributed by atoms with Crippen LogP contribution >= 0.6 is 0 Å². The molecule has 0 spiro atoms. The molecule has 1 heterocycles. The molecule has 0 radical (unpaired) electrons. The highest BCUT2D eigenvalue weighted by molar-refractivity contribution is 6.08. The largest absolute Gasteiger partial charge is 0.359 e. The van der Waals surface area contributed by atoms with Gasteiger partial charge in [-0.15, -0.1) is 0 Å². The third kappa shape index (κ3) is 5.58. The first kappa shape index (κ1) is 19.4. The molecule has 4 rings (SSSR count). The van der Waals surface area contributed by atoms with E-state index in [9.17, 15) is 4.79 Å². The summed E-state index contributed by atoms with van der Waals surface area (Å²) in [4.78, 5) is 16.5. The maximum atomic E-state index is 11.8. The zero-order valence-electron chi connectivity index (χ0n) is 16.2. The van der Waals surface area contributed by atoms with Crippen molar-refractivity contribution in [3.05, 3.63) is 120 Å². The molecule has 0 saturated carbocycles. The topological polar surface area (TPSA) is 23.6 Å². The fourth-order valence-corrected chi connectivity index (χ4v) is 2.99. The van der Waals surface area contributed by atoms with Crippen molar-refractivity contribution in [3.63, 3.8) is 0 Å². The van der Waals surface area contributed by atoms with E-state index in [2.05, 4.69) is 59.5 Å². The van der Waals surface area contributed by atoms with Gasteiger partial charge in [0.15, 0.2) is 5.78 Å². The third-order valence-electron chi connectivity index (χ3n) is 4.56. The van der Waals surface area contributed by atoms with Gasteiger partial charge in [0.1, 0.15) is 0 Å². The summed E-state index contributed by atoms with van der Waals surface area (Å²) in [5.41, 5.74) is 2.84. The van der Waals surface area contributed by atoms with E-state index in [4.69, 9.17) is 0 Å². The van der Waals surface area contributed by atoms with Crippen LogP contribution in [0.15, 0.2) is 103 Å². The Morgan fingerprint density at radius 3 is 1.64 bits per heavy atom. The van der Waals surface area contributed by atoms with Gasteiger partial charge in [0.25, 0.3) is 0 Å². The Hall–Kier alpha value is -3.33. The van der Waals surface area contributed by atoms with Crippen LogP contribution in [0.5, 0.6) is 0 Å². The molecule has 0 amide bonds. The van der Waals surface area contributed by atoms with Gasteiger partial charge in [-0.3, -0.25) is 4.79 Å². The first-order valence-electron chi connectivity index (χ1n) is 9.61. The minimum absolute atomic E-state index is 0.0752. The fraction of sp³-hybridized carbons (Fsp3) is 0.160. The second kappa shape index (κ2) is 10.1. The van der Waals surface area contributed by atoms with Gasteiger partial charge in [-0.25, -0.2) is 0 Å². The Bertz CT molecular complexity index is 835. The lowest BCUT2D eigenvalue weighted by Gasteiger charge is -2.19. The Kier molecular flexibility index (Phi) is 7.02. The molecular formula is C25H26N2O. The van der Waals surface area contributed by atoms with Gasteiger partial charge >= 0.3 is 0 Å². The van der Waals surface area contributed by atoms with Crippen LogP contribution in [-0.4, -0.2) is 28.8 Å². The molecule has 1 aliphatic heterocycles. The smallest absolute Gasteiger partial charge is 0.193 e. The molecule has 3 aromatic carbocycles. The highest BCUT2D eigenvalue weighted by atomic mass is 16.1. The summed E-state index contributed by atoms with van der Waals surface area (Å²) in [7, 11) is 0. The van der Waals surface area contributed by atoms with Crippen molar-refractivity contribution in [3.8, 4) is 0 Å². The quantitative estimate of drug-likeness (QED) is 0.579. The van der Waals surface area contributed by atoms with E-state index in [1.54, 1.807) is 0 Å². The van der Waals surface area contributed by atoms with E-state index in [-0.39, 0.29) is 5.78 Å². The van der Waals surface area contributed by atoms with Crippen molar-refractivity contribution in [1.82, 2.24) is 9.80 Å². The summed E-state index contributed by atoms with van der Waals surface area (Å²) >= 11 is 0. The number of carbonyl (C=O) groups excluding carboxylic acids is 1. The van der Waals surface area contributed by atoms with Crippen LogP contribution < -0.4 is 0 Å². The average Bonchev–Trinajstić information content (AvgIpc) is 3.23. The fourth-order valence-electron chi connectivity index (χ4n) is 2.99. The summed E-state index contributed by atoms with van der Waals surface area (Å²) in [6, 6.07) is 29.2. The van der Waals surface area contributed by atoms with Gasteiger partial charge < -0.3 is 9.80 Å². The summed E-state index contributed by atoms with van der Waals surface area (Å²) in [5, 5.41) is 0. The summed E-state index contributed by atoms with van der Waals surface area (Å²) in [5.74, 6) is 0.0752. The lowest BCUT2D eigenvalue weighted by molar-refractivity contribution is 0.103. The average molecular weight is 370 g/mol. The molecule has 3 aromatic rings. The van der Waals surface area contributed by atoms with Crippen LogP contribution in [0.25, 0.3) is 0 Å². The minimum Gasteiger partial charge on any atom is -0.359 e. The molecule has 0 N–H and O–H groups in total. The first-order chi connectivity index (χ1) is 13.8. The number of rotatable bonds is 5. The Labute approximate surface area is 167 Å². The maximum Gasteiger partial charge on any atom is 0.193 e. The van der Waals surface area contributed by atoms with E-state index >= 15 is 0 Å². The molecule has 0 aliphatic carbocycles. The van der Waals surface area contributed by atoms with Crippen LogP contribution in [-0.2, 0) is 6.54 Å². The van der Waals surface area contributed by atoms with Crippen molar-refractivity contribution in [2.24, 2.45) is 0 Å². The van der Waals surface area contributed by atoms with Crippen molar-refractivity contribution < 1.29 is 4.79 Å². The molecule has 28 heavy (non-hydrogen) atoms. The molecular weight excluding hydrogens is 344 g/mol. The third-order valence-corrected chi connectivity index (χ3v) is 4.56. The predicted molar refractivity (Wildman–Crippen MR) is 115 cm³/mol. The molecule has 0 bridgehead atoms. The monoisotopic (exact) mass is 370 g/mol. The number of ketones is 1. The van der Waals surface area contributed by atoms with E-state index < -0.39 is 0 Å². The van der Waals surface area contributed by atoms with Crippen molar-refractivity contribution in [2.75, 3.05) is 13.2 Å². The second-order valence-electron chi connectivity index (χ2n) is 6.64. The minimum atomic E-state index is 0.0752. The number of nitrogens with zero attached hydrogens (tertiary/aromatic N) is 2. The molecule has 1 aliphatic rings. The maximum absolute atomic E-state index is 11.8. The van der Waals surface area contributed by atoms with Crippen LogP contribution in [0.2, 0.25) is 0 Å². The number of benzene rings is 3. The van der Waals surface area contributed by atoms with Crippen molar-refractivity contribution in [1.29, 1.82) is 0 Å². The first-order valence-corrected chi connectivity index (χ1v) is 9.61. The van der Waals surface area contributed by atoms with Gasteiger partial charge in [0, 0.05) is 36.6 Å². The number of hydrogen-bond donors (Lipinski definition) is 0. The van der Waals surface area contributed by atoms with Crippen LogP contribution in [0.3, 0.4) is 0 Å². The zero-order valence-corrected chi connectivity index (χ0v) is 16.2. The van der Waals surface area contributed by atoms with Gasteiger partial charge in [0.05, 0.1) is 6.67 Å². The molecule has 142 valence electrons. The molecule has 0 unspecified atom stereocenters. The Morgan fingerprint density at radius 1 is 0.714 bits per heavy atom. The Morgan fingerprint density at radius 2 is 1.18 bits per heavy atom. The predicted octanol–water partition coefficient (Wildman–Crippen LogP) is 5.17. The van der Waals surface area contributed by atoms with Crippen LogP contribution in [0, 0.1) is 0 Å². The molecule has 0 fully saturated rings. The van der Waals surface area contributed by atoms with Crippen molar-refractivity contribution in [2.45, 2.75) is 13.5 Å². The normalized spacial score (nSPS) is 12.5. The molecule has 3 heteroatoms. The van der Waals surface area contributed by atoms with E-state index in [0.717, 1.165) is 30.9 Å². The van der Waals surface area contributed by atoms with Gasteiger partial charge in [-0.2, -0.15) is 0 Å². The lowest BCUT2D eigenvalue weighted by atomic mass is 10.0. The zero-order chi connectivity index (χ0) is 19.6. The molecule has 3 nitrogen and oxygen atoms in total. The highest BCUT2D eigenvalue weighted by Gasteiger charge is 2.10. The van der Waals surface area contributed by atoms with Crippen LogP contribution in [0.4, 0.5) is 0 Å². The number of carbonyl (C=O) groups is 1. The standard InChI is InChI=1S/C13H10O.C12H16N2/c14-13(11-7-3-1-4-8-11)12-9-5-2-6-10-12;1-2-13-8-9-14(11-13)10-12-6-4-3-5-7-12/h1-10H;3-9H,2,10-11H2,1H3. The van der Waals surface area contributed by atoms with Crippen molar-refractivity contribution >= 4 is 5.78 Å².